The molecule has 0 aliphatic carbocycles. The molecular formula is C19H11ClF3N3O7. The number of barbiturate groups is 1. The van der Waals surface area contributed by atoms with Crippen LogP contribution in [-0.2, 0) is 15.8 Å². The number of nitrogens with one attached hydrogen (secondary N) is 1. The smallest absolute Gasteiger partial charge is 0.416 e. The van der Waals surface area contributed by atoms with Crippen LogP contribution in [0.15, 0.2) is 35.9 Å². The molecule has 33 heavy (non-hydrogen) atoms. The summed E-state index contributed by atoms with van der Waals surface area (Å²) in [6.45, 7) is 0. The number of hydrogen-bond acceptors (Lipinski definition) is 7. The van der Waals surface area contributed by atoms with Gasteiger partial charge in [0, 0.05) is 6.07 Å². The van der Waals surface area contributed by atoms with E-state index in [0.29, 0.717) is 12.1 Å². The van der Waals surface area contributed by atoms with Crippen LogP contribution >= 0.6 is 11.6 Å². The first-order valence-corrected chi connectivity index (χ1v) is 9.06. The number of benzene rings is 2. The number of nitrogens with zero attached hydrogens (tertiary/aromatic N) is 2. The van der Waals surface area contributed by atoms with Crippen molar-refractivity contribution >= 4 is 46.9 Å². The highest BCUT2D eigenvalue weighted by molar-refractivity contribution is 6.42. The molecule has 0 radical (unpaired) electrons. The second-order valence-electron chi connectivity index (χ2n) is 6.47. The standard InChI is InChI=1S/C19H11ClF3N3O7/c1-33-14-6-8(5-13(15(14)27)26(31)32)4-10-16(28)24-18(30)25(17(10)29)12-7-9(19(21,22)23)2-3-11(12)20/h2-7,27H,1H3,(H,24,28,30). The molecule has 1 aliphatic rings. The lowest BCUT2D eigenvalue weighted by atomic mass is 10.0. The van der Waals surface area contributed by atoms with Crippen molar-refractivity contribution in [3.8, 4) is 11.5 Å². The average Bonchev–Trinajstić information content (AvgIpc) is 2.72. The van der Waals surface area contributed by atoms with Crippen molar-refractivity contribution in [3.63, 3.8) is 0 Å². The highest BCUT2D eigenvalue weighted by Gasteiger charge is 2.39. The fourth-order valence-electron chi connectivity index (χ4n) is 2.90. The predicted molar refractivity (Wildman–Crippen MR) is 107 cm³/mol. The van der Waals surface area contributed by atoms with E-state index in [2.05, 4.69) is 0 Å². The van der Waals surface area contributed by atoms with Gasteiger partial charge in [-0.1, -0.05) is 11.6 Å². The number of urea groups is 1. The number of nitro benzene ring substituents is 1. The van der Waals surface area contributed by atoms with Gasteiger partial charge in [-0.15, -0.1) is 0 Å². The van der Waals surface area contributed by atoms with Gasteiger partial charge in [0.1, 0.15) is 5.57 Å². The number of hydrogen-bond donors (Lipinski definition) is 2. The van der Waals surface area contributed by atoms with Crippen LogP contribution in [0.5, 0.6) is 11.5 Å². The van der Waals surface area contributed by atoms with E-state index in [1.165, 1.54) is 0 Å². The zero-order chi connectivity index (χ0) is 24.7. The third-order valence-electron chi connectivity index (χ3n) is 4.42. The van der Waals surface area contributed by atoms with Gasteiger partial charge in [-0.25, -0.2) is 9.69 Å². The second kappa shape index (κ2) is 8.43. The van der Waals surface area contributed by atoms with E-state index in [9.17, 15) is 42.8 Å². The van der Waals surface area contributed by atoms with Gasteiger partial charge >= 0.3 is 17.9 Å². The van der Waals surface area contributed by atoms with Gasteiger partial charge in [-0.2, -0.15) is 13.2 Å². The van der Waals surface area contributed by atoms with E-state index >= 15 is 0 Å². The van der Waals surface area contributed by atoms with Crippen molar-refractivity contribution in [1.82, 2.24) is 5.32 Å². The summed E-state index contributed by atoms with van der Waals surface area (Å²) in [4.78, 5) is 47.9. The quantitative estimate of drug-likeness (QED) is 0.291. The molecule has 0 bridgehead atoms. The molecule has 10 nitrogen and oxygen atoms in total. The Bertz CT molecular complexity index is 1240. The van der Waals surface area contributed by atoms with Crippen LogP contribution in [0.25, 0.3) is 6.08 Å². The number of ether oxygens (including phenoxy) is 1. The molecule has 2 aromatic rings. The predicted octanol–water partition coefficient (Wildman–Crippen LogP) is 3.65. The number of nitro groups is 1. The monoisotopic (exact) mass is 485 g/mol. The fourth-order valence-corrected chi connectivity index (χ4v) is 3.10. The normalized spacial score (nSPS) is 15.6. The first kappa shape index (κ1) is 23.5. The number of phenolic OH excluding ortho intramolecular Hbond substituents is 1. The van der Waals surface area contributed by atoms with Crippen molar-refractivity contribution in [3.05, 3.63) is 62.2 Å². The second-order valence-corrected chi connectivity index (χ2v) is 6.88. The number of carbonyl (C=O) groups is 3. The number of rotatable bonds is 4. The summed E-state index contributed by atoms with van der Waals surface area (Å²) in [7, 11) is 1.10. The summed E-state index contributed by atoms with van der Waals surface area (Å²) >= 11 is 5.90. The Morgan fingerprint density at radius 1 is 1.21 bits per heavy atom. The van der Waals surface area contributed by atoms with Crippen molar-refractivity contribution < 1.29 is 42.3 Å². The SMILES string of the molecule is COc1cc(C=C2C(=O)NC(=O)N(c3cc(C(F)(F)F)ccc3Cl)C2=O)cc([N+](=O)[O-])c1O. The molecule has 3 rings (SSSR count). The van der Waals surface area contributed by atoms with E-state index in [0.717, 1.165) is 31.4 Å². The van der Waals surface area contributed by atoms with E-state index in [1.54, 1.807) is 5.32 Å². The van der Waals surface area contributed by atoms with Crippen molar-refractivity contribution in [2.75, 3.05) is 12.0 Å². The van der Waals surface area contributed by atoms with Crippen molar-refractivity contribution in [2.24, 2.45) is 0 Å². The van der Waals surface area contributed by atoms with Crippen LogP contribution in [0.2, 0.25) is 5.02 Å². The minimum Gasteiger partial charge on any atom is -0.500 e. The number of alkyl halides is 3. The maximum atomic E-state index is 13.1. The molecule has 1 aliphatic heterocycles. The van der Waals surface area contributed by atoms with Crippen LogP contribution in [0, 0.1) is 10.1 Å². The molecule has 0 aromatic heterocycles. The Morgan fingerprint density at radius 2 is 1.88 bits per heavy atom. The highest BCUT2D eigenvalue weighted by atomic mass is 35.5. The molecule has 0 unspecified atom stereocenters. The maximum absolute atomic E-state index is 13.1. The van der Waals surface area contributed by atoms with Gasteiger partial charge in [0.25, 0.3) is 11.8 Å². The van der Waals surface area contributed by atoms with Gasteiger partial charge in [0.2, 0.25) is 5.75 Å². The minimum atomic E-state index is -4.81. The van der Waals surface area contributed by atoms with Crippen molar-refractivity contribution in [1.29, 1.82) is 0 Å². The van der Waals surface area contributed by atoms with Gasteiger partial charge in [-0.05, 0) is 35.9 Å². The first-order valence-electron chi connectivity index (χ1n) is 8.68. The summed E-state index contributed by atoms with van der Waals surface area (Å²) in [5.74, 6) is -3.70. The van der Waals surface area contributed by atoms with Gasteiger partial charge < -0.3 is 9.84 Å². The molecule has 1 saturated heterocycles. The molecule has 2 aromatic carbocycles. The number of imide groups is 2. The van der Waals surface area contributed by atoms with E-state index < -0.39 is 57.2 Å². The molecule has 1 fully saturated rings. The third-order valence-corrected chi connectivity index (χ3v) is 4.74. The molecule has 0 atom stereocenters. The Hall–Kier alpha value is -4.13. The zero-order valence-corrected chi connectivity index (χ0v) is 17.0. The molecule has 172 valence electrons. The van der Waals surface area contributed by atoms with Crippen LogP contribution in [-0.4, -0.2) is 35.0 Å². The number of carbonyl (C=O) groups excluding carboxylic acids is 3. The Balaban J connectivity index is 2.13. The summed E-state index contributed by atoms with van der Waals surface area (Å²) in [5.41, 5.74) is -3.55. The summed E-state index contributed by atoms with van der Waals surface area (Å²) < 4.78 is 44.1. The summed E-state index contributed by atoms with van der Waals surface area (Å²) in [6, 6.07) is 2.47. The maximum Gasteiger partial charge on any atom is 0.416 e. The number of phenols is 1. The van der Waals surface area contributed by atoms with Crippen LogP contribution in [0.4, 0.5) is 29.3 Å². The molecular weight excluding hydrogens is 475 g/mol. The number of aromatic hydroxyl groups is 1. The summed E-state index contributed by atoms with van der Waals surface area (Å²) in [5, 5.41) is 22.4. The van der Waals surface area contributed by atoms with Crippen LogP contribution < -0.4 is 15.0 Å². The zero-order valence-electron chi connectivity index (χ0n) is 16.3. The minimum absolute atomic E-state index is 0.153. The topological polar surface area (TPSA) is 139 Å². The van der Waals surface area contributed by atoms with Gasteiger partial charge in [-0.3, -0.25) is 25.0 Å². The average molecular weight is 486 g/mol. The van der Waals surface area contributed by atoms with Crippen LogP contribution in [0.3, 0.4) is 0 Å². The molecule has 0 saturated carbocycles. The first-order chi connectivity index (χ1) is 15.3. The Kier molecular flexibility index (Phi) is 6.01. The fraction of sp³-hybridized carbons (Fsp3) is 0.105. The molecule has 4 amide bonds. The van der Waals surface area contributed by atoms with Gasteiger partial charge in [0.05, 0.1) is 28.3 Å². The molecule has 1 heterocycles. The lowest BCUT2D eigenvalue weighted by Gasteiger charge is -2.27. The molecule has 0 spiro atoms. The number of halogens is 4. The molecule has 14 heteroatoms. The van der Waals surface area contributed by atoms with Gasteiger partial charge in [0.15, 0.2) is 5.75 Å². The largest absolute Gasteiger partial charge is 0.500 e. The highest BCUT2D eigenvalue weighted by Crippen LogP contribution is 2.39. The molecule has 2 N–H and O–H groups in total. The van der Waals surface area contributed by atoms with E-state index in [1.807, 2.05) is 0 Å². The number of methoxy groups -OCH3 is 1. The number of anilines is 1. The van der Waals surface area contributed by atoms with E-state index in [4.69, 9.17) is 16.3 Å². The van der Waals surface area contributed by atoms with E-state index in [-0.39, 0.29) is 21.2 Å². The summed E-state index contributed by atoms with van der Waals surface area (Å²) in [6.07, 6.45) is -3.97. The Morgan fingerprint density at radius 3 is 2.45 bits per heavy atom. The third kappa shape index (κ3) is 4.43. The Labute approximate surface area is 187 Å². The lowest BCUT2D eigenvalue weighted by Crippen LogP contribution is -2.54. The van der Waals surface area contributed by atoms with Crippen LogP contribution in [0.1, 0.15) is 11.1 Å². The van der Waals surface area contributed by atoms with Crippen molar-refractivity contribution in [2.45, 2.75) is 6.18 Å². The lowest BCUT2D eigenvalue weighted by molar-refractivity contribution is -0.386. The number of amides is 4.